The van der Waals surface area contributed by atoms with Gasteiger partial charge in [0.05, 0.1) is 11.4 Å². The van der Waals surface area contributed by atoms with Crippen molar-refractivity contribution in [2.24, 2.45) is 0 Å². The first-order chi connectivity index (χ1) is 23.6. The molecule has 0 fully saturated rings. The van der Waals surface area contributed by atoms with Crippen molar-refractivity contribution in [3.8, 4) is 23.0 Å². The number of aromatic hydroxyl groups is 4. The van der Waals surface area contributed by atoms with Gasteiger partial charge < -0.3 is 30.6 Å². The monoisotopic (exact) mass is 836 g/mol. The lowest BCUT2D eigenvalue weighted by Gasteiger charge is -2.27. The van der Waals surface area contributed by atoms with E-state index >= 15 is 0 Å². The quantitative estimate of drug-likeness (QED) is 0.0674. The summed E-state index contributed by atoms with van der Waals surface area (Å²) in [7, 11) is 0. The van der Waals surface area contributed by atoms with E-state index in [9.17, 15) is 19.0 Å². The smallest absolute Gasteiger partial charge is 0.147 e. The average molecular weight is 838 g/mol. The lowest BCUT2D eigenvalue weighted by atomic mass is 10.1. The Morgan fingerprint density at radius 2 is 0.939 bits per heavy atom. The number of anilines is 5. The fourth-order valence-electron chi connectivity index (χ4n) is 4.12. The van der Waals surface area contributed by atoms with E-state index in [4.69, 9.17) is 45.0 Å². The first kappa shape index (κ1) is 39.0. The molecule has 5 N–H and O–H groups in total. The Balaban J connectivity index is 0.000000213. The zero-order valence-electron chi connectivity index (χ0n) is 25.7. The molecule has 0 saturated carbocycles. The Morgan fingerprint density at radius 3 is 1.47 bits per heavy atom. The number of para-hydroxylation sites is 4. The lowest BCUT2D eigenvalue weighted by molar-refractivity contribution is 0.460. The summed E-state index contributed by atoms with van der Waals surface area (Å²) < 4.78 is 27.6. The van der Waals surface area contributed by atoms with Gasteiger partial charge in [-0.2, -0.15) is 0 Å². The van der Waals surface area contributed by atoms with Crippen molar-refractivity contribution in [1.82, 2.24) is 0 Å². The van der Waals surface area contributed by atoms with Gasteiger partial charge in [0.25, 0.3) is 0 Å². The number of hydrogen-bond donors (Lipinski definition) is 5. The molecule has 0 bridgehead atoms. The maximum absolute atomic E-state index is 14.3. The fraction of sp³-hybridized carbons (Fsp3) is 0.0270. The van der Waals surface area contributed by atoms with Crippen LogP contribution < -0.4 is 10.2 Å². The highest BCUT2D eigenvalue weighted by atomic mass is 127. The van der Waals surface area contributed by atoms with Crippen molar-refractivity contribution >= 4 is 85.8 Å². The Hall–Kier alpha value is -4.42. The highest BCUT2D eigenvalue weighted by Crippen LogP contribution is 2.47. The van der Waals surface area contributed by atoms with Crippen LogP contribution in [-0.2, 0) is 0 Å². The molecule has 0 heterocycles. The number of hydrogen-bond acceptors (Lipinski definition) is 6. The largest absolute Gasteiger partial charge is 0.506 e. The zero-order valence-corrected chi connectivity index (χ0v) is 30.1. The van der Waals surface area contributed by atoms with Gasteiger partial charge in [-0.25, -0.2) is 8.78 Å². The summed E-state index contributed by atoms with van der Waals surface area (Å²) in [5.74, 6) is -1.35. The van der Waals surface area contributed by atoms with Gasteiger partial charge in [0.15, 0.2) is 0 Å². The van der Waals surface area contributed by atoms with Crippen molar-refractivity contribution in [3.63, 3.8) is 0 Å². The standard InChI is InChI=1S/C18H13ClFNO2.C12H10FN.C6H4Cl2O2.CH3I/c19-17-15(22)10-11-16(23)18(17)21(12-6-2-1-3-7-12)14-9-5-4-8-13(14)20;13-11-8-4-5-9-12(11)14-10-6-2-1-3-7-10;7-5-3(9)1-2-4(10)6(5)8;1-2/h1-11,22-23H;1-9,14H;1-2,9-10H;1H3. The summed E-state index contributed by atoms with van der Waals surface area (Å²) in [6, 6.07) is 36.3. The minimum Gasteiger partial charge on any atom is -0.506 e. The van der Waals surface area contributed by atoms with E-state index in [1.54, 1.807) is 60.7 Å². The molecule has 6 nitrogen and oxygen atoms in total. The van der Waals surface area contributed by atoms with E-state index in [2.05, 4.69) is 27.9 Å². The topological polar surface area (TPSA) is 96.2 Å². The number of nitrogens with one attached hydrogen (secondary N) is 1. The summed E-state index contributed by atoms with van der Waals surface area (Å²) in [5.41, 5.74) is 2.31. The van der Waals surface area contributed by atoms with Crippen LogP contribution in [0.5, 0.6) is 23.0 Å². The van der Waals surface area contributed by atoms with E-state index in [0.29, 0.717) is 11.4 Å². The van der Waals surface area contributed by atoms with Crippen LogP contribution in [0.1, 0.15) is 0 Å². The molecule has 6 aromatic carbocycles. The molecule has 0 spiro atoms. The highest BCUT2D eigenvalue weighted by Gasteiger charge is 2.23. The van der Waals surface area contributed by atoms with E-state index in [1.807, 2.05) is 41.3 Å². The number of halogens is 6. The van der Waals surface area contributed by atoms with Crippen LogP contribution >= 0.6 is 57.4 Å². The molecule has 0 aliphatic rings. The van der Waals surface area contributed by atoms with Crippen molar-refractivity contribution in [1.29, 1.82) is 0 Å². The van der Waals surface area contributed by atoms with Crippen molar-refractivity contribution < 1.29 is 29.2 Å². The summed E-state index contributed by atoms with van der Waals surface area (Å²) >= 11 is 19.2. The molecular formula is C37H30Cl3F2IN2O4. The molecule has 0 radical (unpaired) electrons. The molecule has 0 aromatic heterocycles. The van der Waals surface area contributed by atoms with Crippen LogP contribution in [0.2, 0.25) is 15.1 Å². The normalized spacial score (nSPS) is 9.86. The van der Waals surface area contributed by atoms with E-state index in [-0.39, 0.29) is 55.3 Å². The Kier molecular flexibility index (Phi) is 15.6. The molecule has 12 heteroatoms. The number of benzene rings is 6. The van der Waals surface area contributed by atoms with Crippen LogP contribution in [0.15, 0.2) is 133 Å². The van der Waals surface area contributed by atoms with Crippen molar-refractivity contribution in [2.75, 3.05) is 15.1 Å². The number of alkyl halides is 1. The predicted octanol–water partition coefficient (Wildman–Crippen LogP) is 12.4. The van der Waals surface area contributed by atoms with Gasteiger partial charge >= 0.3 is 0 Å². The summed E-state index contributed by atoms with van der Waals surface area (Å²) in [6.07, 6.45) is 0. The van der Waals surface area contributed by atoms with Crippen molar-refractivity contribution in [2.45, 2.75) is 0 Å². The number of nitrogens with zero attached hydrogens (tertiary/aromatic N) is 1. The first-order valence-electron chi connectivity index (χ1n) is 14.2. The molecule has 0 aliphatic heterocycles. The molecule has 254 valence electrons. The van der Waals surface area contributed by atoms with Crippen LogP contribution in [0.25, 0.3) is 0 Å². The molecule has 6 aromatic rings. The Bertz CT molecular complexity index is 1910. The second-order valence-electron chi connectivity index (χ2n) is 9.59. The SMILES string of the molecule is CI.Fc1ccccc1Nc1ccccc1.Oc1ccc(O)c(Cl)c1Cl.Oc1ccc(O)c(N(c2ccccc2)c2ccccc2F)c1Cl. The molecule has 0 amide bonds. The van der Waals surface area contributed by atoms with Crippen LogP contribution in [0.4, 0.5) is 37.2 Å². The molecule has 0 aliphatic carbocycles. The van der Waals surface area contributed by atoms with Crippen LogP contribution in [0.3, 0.4) is 0 Å². The second-order valence-corrected chi connectivity index (χ2v) is 10.7. The number of phenolic OH excluding ortho intramolecular Hbond substituents is 4. The van der Waals surface area contributed by atoms with E-state index < -0.39 is 5.82 Å². The van der Waals surface area contributed by atoms with Gasteiger partial charge in [-0.05, 0) is 77.7 Å². The van der Waals surface area contributed by atoms with Gasteiger partial charge in [0.1, 0.15) is 55.4 Å². The maximum Gasteiger partial charge on any atom is 0.147 e. The number of phenols is 4. The summed E-state index contributed by atoms with van der Waals surface area (Å²) in [6.45, 7) is 0. The minimum atomic E-state index is -0.477. The maximum atomic E-state index is 14.3. The molecular weight excluding hydrogens is 808 g/mol. The van der Waals surface area contributed by atoms with Gasteiger partial charge in [-0.1, -0.05) is 118 Å². The molecule has 49 heavy (non-hydrogen) atoms. The second kappa shape index (κ2) is 19.5. The third-order valence-corrected chi connectivity index (χ3v) is 7.61. The Morgan fingerprint density at radius 1 is 0.510 bits per heavy atom. The van der Waals surface area contributed by atoms with Crippen LogP contribution in [0, 0.1) is 11.6 Å². The third-order valence-electron chi connectivity index (χ3n) is 6.37. The summed E-state index contributed by atoms with van der Waals surface area (Å²) in [4.78, 5) is 3.43. The fourth-order valence-corrected chi connectivity index (χ4v) is 4.69. The van der Waals surface area contributed by atoms with Gasteiger partial charge in [-0.3, -0.25) is 0 Å². The summed E-state index contributed by atoms with van der Waals surface area (Å²) in [5, 5.41) is 40.8. The minimum absolute atomic E-state index is 0.0262. The van der Waals surface area contributed by atoms with Gasteiger partial charge in [0, 0.05) is 11.4 Å². The predicted molar refractivity (Wildman–Crippen MR) is 205 cm³/mol. The number of rotatable bonds is 5. The lowest BCUT2D eigenvalue weighted by Crippen LogP contribution is -2.12. The van der Waals surface area contributed by atoms with E-state index in [1.165, 1.54) is 41.3 Å². The van der Waals surface area contributed by atoms with Gasteiger partial charge in [-0.15, -0.1) is 0 Å². The molecule has 6 rings (SSSR count). The first-order valence-corrected chi connectivity index (χ1v) is 17.5. The molecule has 0 atom stereocenters. The Labute approximate surface area is 311 Å². The van der Waals surface area contributed by atoms with Gasteiger partial charge in [0.2, 0.25) is 0 Å². The van der Waals surface area contributed by atoms with Crippen molar-refractivity contribution in [3.05, 3.63) is 160 Å². The molecule has 0 unspecified atom stereocenters. The van der Waals surface area contributed by atoms with E-state index in [0.717, 1.165) is 5.69 Å². The molecule has 0 saturated heterocycles. The zero-order chi connectivity index (χ0) is 35.9. The average Bonchev–Trinajstić information content (AvgIpc) is 3.13. The highest BCUT2D eigenvalue weighted by molar-refractivity contribution is 14.1. The third kappa shape index (κ3) is 10.8. The van der Waals surface area contributed by atoms with Crippen LogP contribution in [-0.4, -0.2) is 25.4 Å².